The summed E-state index contributed by atoms with van der Waals surface area (Å²) in [4.78, 5) is 2.38. The Kier molecular flexibility index (Phi) is 4.48. The Morgan fingerprint density at radius 2 is 2.12 bits per heavy atom. The summed E-state index contributed by atoms with van der Waals surface area (Å²) in [6.07, 6.45) is 0. The van der Waals surface area contributed by atoms with Gasteiger partial charge in [-0.3, -0.25) is 4.90 Å². The molecule has 1 N–H and O–H groups in total. The lowest BCUT2D eigenvalue weighted by Crippen LogP contribution is -2.42. The van der Waals surface area contributed by atoms with Crippen molar-refractivity contribution in [2.75, 3.05) is 33.3 Å². The molecule has 0 saturated carbocycles. The molecule has 3 nitrogen and oxygen atoms in total. The molecule has 0 spiro atoms. The Bertz CT molecular complexity index is 364. The molecule has 0 bridgehead atoms. The van der Waals surface area contributed by atoms with Gasteiger partial charge in [0.25, 0.3) is 0 Å². The summed E-state index contributed by atoms with van der Waals surface area (Å²) in [5.41, 5.74) is 1.79. The fraction of sp³-hybridized carbons (Fsp3) is 0.538. The Hall–Kier alpha value is -0.970. The smallest absolute Gasteiger partial charge is 0.128 e. The first-order valence-electron chi connectivity index (χ1n) is 5.99. The average Bonchev–Trinajstić information content (AvgIpc) is 2.35. The second-order valence-electron chi connectivity index (χ2n) is 4.38. The fourth-order valence-corrected chi connectivity index (χ4v) is 2.12. The number of halogens is 1. The standard InChI is InChI=1S/C13H19FN2O/c1-17-10-12-8-11(2-3-13(12)14)9-16-6-4-15-5-7-16/h2-3,8,15H,4-7,9-10H2,1H3. The van der Waals surface area contributed by atoms with Crippen LogP contribution in [0, 0.1) is 5.82 Å². The maximum Gasteiger partial charge on any atom is 0.128 e. The number of hydrogen-bond donors (Lipinski definition) is 1. The van der Waals surface area contributed by atoms with Crippen LogP contribution in [0.25, 0.3) is 0 Å². The zero-order chi connectivity index (χ0) is 12.1. The first kappa shape index (κ1) is 12.5. The van der Waals surface area contributed by atoms with Crippen LogP contribution in [-0.4, -0.2) is 38.2 Å². The molecule has 1 aromatic rings. The van der Waals surface area contributed by atoms with Crippen molar-refractivity contribution in [3.63, 3.8) is 0 Å². The van der Waals surface area contributed by atoms with Gasteiger partial charge in [-0.1, -0.05) is 6.07 Å². The zero-order valence-electron chi connectivity index (χ0n) is 10.2. The molecule has 1 aliphatic heterocycles. The third-order valence-corrected chi connectivity index (χ3v) is 3.03. The van der Waals surface area contributed by atoms with E-state index in [4.69, 9.17) is 4.74 Å². The molecule has 1 heterocycles. The van der Waals surface area contributed by atoms with Crippen LogP contribution in [0.15, 0.2) is 18.2 Å². The maximum absolute atomic E-state index is 13.4. The Morgan fingerprint density at radius 1 is 1.35 bits per heavy atom. The number of hydrogen-bond acceptors (Lipinski definition) is 3. The molecule has 4 heteroatoms. The van der Waals surface area contributed by atoms with Gasteiger partial charge in [-0.2, -0.15) is 0 Å². The predicted octanol–water partition coefficient (Wildman–Crippen LogP) is 1.38. The maximum atomic E-state index is 13.4. The van der Waals surface area contributed by atoms with Crippen molar-refractivity contribution in [1.82, 2.24) is 10.2 Å². The van der Waals surface area contributed by atoms with Crippen LogP contribution in [0.2, 0.25) is 0 Å². The van der Waals surface area contributed by atoms with E-state index in [0.717, 1.165) is 38.3 Å². The summed E-state index contributed by atoms with van der Waals surface area (Å²) in [6, 6.07) is 5.29. The fourth-order valence-electron chi connectivity index (χ4n) is 2.12. The van der Waals surface area contributed by atoms with Gasteiger partial charge >= 0.3 is 0 Å². The van der Waals surface area contributed by atoms with Gasteiger partial charge in [0, 0.05) is 45.4 Å². The Labute approximate surface area is 102 Å². The monoisotopic (exact) mass is 238 g/mol. The summed E-state index contributed by atoms with van der Waals surface area (Å²) in [5.74, 6) is -0.184. The van der Waals surface area contributed by atoms with Crippen molar-refractivity contribution >= 4 is 0 Å². The minimum Gasteiger partial charge on any atom is -0.380 e. The Balaban J connectivity index is 2.02. The highest BCUT2D eigenvalue weighted by Crippen LogP contribution is 2.13. The second-order valence-corrected chi connectivity index (χ2v) is 4.38. The van der Waals surface area contributed by atoms with E-state index in [0.29, 0.717) is 12.2 Å². The van der Waals surface area contributed by atoms with Crippen LogP contribution >= 0.6 is 0 Å². The molecule has 94 valence electrons. The number of nitrogens with zero attached hydrogens (tertiary/aromatic N) is 1. The largest absolute Gasteiger partial charge is 0.380 e. The SMILES string of the molecule is COCc1cc(CN2CCNCC2)ccc1F. The van der Waals surface area contributed by atoms with E-state index in [2.05, 4.69) is 10.2 Å². The molecule has 17 heavy (non-hydrogen) atoms. The van der Waals surface area contributed by atoms with Crippen LogP contribution in [0.5, 0.6) is 0 Å². The Morgan fingerprint density at radius 3 is 2.82 bits per heavy atom. The molecule has 0 unspecified atom stereocenters. The molecule has 1 fully saturated rings. The second kappa shape index (κ2) is 6.10. The topological polar surface area (TPSA) is 24.5 Å². The molecule has 1 aromatic carbocycles. The van der Waals surface area contributed by atoms with E-state index in [-0.39, 0.29) is 5.82 Å². The third kappa shape index (κ3) is 3.49. The quantitative estimate of drug-likeness (QED) is 0.857. The number of methoxy groups -OCH3 is 1. The van der Waals surface area contributed by atoms with Crippen molar-refractivity contribution in [2.45, 2.75) is 13.2 Å². The molecule has 0 aromatic heterocycles. The predicted molar refractivity (Wildman–Crippen MR) is 65.3 cm³/mol. The summed E-state index contributed by atoms with van der Waals surface area (Å²) in [6.45, 7) is 5.39. The highest BCUT2D eigenvalue weighted by atomic mass is 19.1. The molecule has 0 radical (unpaired) electrons. The number of rotatable bonds is 4. The van der Waals surface area contributed by atoms with E-state index >= 15 is 0 Å². The first-order chi connectivity index (χ1) is 8.29. The number of piperazine rings is 1. The molecule has 1 aliphatic rings. The minimum absolute atomic E-state index is 0.184. The van der Waals surface area contributed by atoms with E-state index in [1.807, 2.05) is 12.1 Å². The average molecular weight is 238 g/mol. The molecular formula is C13H19FN2O. The lowest BCUT2D eigenvalue weighted by atomic mass is 10.1. The highest BCUT2D eigenvalue weighted by molar-refractivity contribution is 5.24. The van der Waals surface area contributed by atoms with Crippen LogP contribution in [0.4, 0.5) is 4.39 Å². The van der Waals surface area contributed by atoms with E-state index in [1.54, 1.807) is 7.11 Å². The normalized spacial score (nSPS) is 17.3. The van der Waals surface area contributed by atoms with Crippen molar-refractivity contribution in [3.05, 3.63) is 35.1 Å². The number of benzene rings is 1. The van der Waals surface area contributed by atoms with Gasteiger partial charge in [0.15, 0.2) is 0 Å². The summed E-state index contributed by atoms with van der Waals surface area (Å²) in [7, 11) is 1.59. The van der Waals surface area contributed by atoms with E-state index in [9.17, 15) is 4.39 Å². The van der Waals surface area contributed by atoms with Crippen molar-refractivity contribution in [2.24, 2.45) is 0 Å². The number of ether oxygens (including phenoxy) is 1. The van der Waals surface area contributed by atoms with Crippen molar-refractivity contribution < 1.29 is 9.13 Å². The van der Waals surface area contributed by atoms with Crippen molar-refractivity contribution in [3.8, 4) is 0 Å². The first-order valence-corrected chi connectivity index (χ1v) is 5.99. The van der Waals surface area contributed by atoms with Gasteiger partial charge in [-0.05, 0) is 17.7 Å². The van der Waals surface area contributed by atoms with Gasteiger partial charge in [0.05, 0.1) is 6.61 Å². The molecule has 2 rings (SSSR count). The molecule has 0 amide bonds. The van der Waals surface area contributed by atoms with Gasteiger partial charge in [-0.15, -0.1) is 0 Å². The lowest BCUT2D eigenvalue weighted by molar-refractivity contribution is 0.181. The van der Waals surface area contributed by atoms with Gasteiger partial charge in [0.2, 0.25) is 0 Å². The molecule has 0 atom stereocenters. The third-order valence-electron chi connectivity index (χ3n) is 3.03. The van der Waals surface area contributed by atoms with Crippen LogP contribution < -0.4 is 5.32 Å². The van der Waals surface area contributed by atoms with E-state index in [1.165, 1.54) is 6.07 Å². The minimum atomic E-state index is -0.184. The van der Waals surface area contributed by atoms with Gasteiger partial charge < -0.3 is 10.1 Å². The van der Waals surface area contributed by atoms with Crippen LogP contribution in [0.1, 0.15) is 11.1 Å². The summed E-state index contributed by atoms with van der Waals surface area (Å²) < 4.78 is 18.4. The lowest BCUT2D eigenvalue weighted by Gasteiger charge is -2.27. The van der Waals surface area contributed by atoms with Crippen molar-refractivity contribution in [1.29, 1.82) is 0 Å². The molecule has 1 saturated heterocycles. The van der Waals surface area contributed by atoms with Gasteiger partial charge in [-0.25, -0.2) is 4.39 Å². The summed E-state index contributed by atoms with van der Waals surface area (Å²) in [5, 5.41) is 3.32. The number of nitrogens with one attached hydrogen (secondary N) is 1. The zero-order valence-corrected chi connectivity index (χ0v) is 10.2. The van der Waals surface area contributed by atoms with E-state index < -0.39 is 0 Å². The van der Waals surface area contributed by atoms with Crippen LogP contribution in [-0.2, 0) is 17.9 Å². The van der Waals surface area contributed by atoms with Gasteiger partial charge in [0.1, 0.15) is 5.82 Å². The highest BCUT2D eigenvalue weighted by Gasteiger charge is 2.11. The van der Waals surface area contributed by atoms with Crippen LogP contribution in [0.3, 0.4) is 0 Å². The molecular weight excluding hydrogens is 219 g/mol. The summed E-state index contributed by atoms with van der Waals surface area (Å²) >= 11 is 0. The molecule has 0 aliphatic carbocycles.